The second-order valence-corrected chi connectivity index (χ2v) is 3.95. The summed E-state index contributed by atoms with van der Waals surface area (Å²) in [4.78, 5) is 24.3. The van der Waals surface area contributed by atoms with Crippen molar-refractivity contribution in [2.24, 2.45) is 0 Å². The van der Waals surface area contributed by atoms with Gasteiger partial charge in [0.15, 0.2) is 0 Å². The van der Waals surface area contributed by atoms with Crippen LogP contribution in [-0.2, 0) is 9.59 Å². The highest BCUT2D eigenvalue weighted by Gasteiger charge is 2.25. The number of rotatable bonds is 4. The Hall–Kier alpha value is -1.84. The first kappa shape index (κ1) is 11.6. The molecule has 1 heterocycles. The van der Waals surface area contributed by atoms with Gasteiger partial charge < -0.3 is 4.74 Å². The van der Waals surface area contributed by atoms with Crippen molar-refractivity contribution in [2.45, 2.75) is 19.3 Å². The summed E-state index contributed by atoms with van der Waals surface area (Å²) in [6.45, 7) is 0.689. The van der Waals surface area contributed by atoms with E-state index in [1.807, 2.05) is 30.3 Å². The van der Waals surface area contributed by atoms with Crippen LogP contribution in [0.2, 0.25) is 0 Å². The molecule has 1 fully saturated rings. The Kier molecular flexibility index (Phi) is 3.75. The van der Waals surface area contributed by atoms with Gasteiger partial charge in [0.2, 0.25) is 11.8 Å². The molecule has 2 rings (SSSR count). The number of likely N-dealkylation sites (tertiary alicyclic amines) is 1. The van der Waals surface area contributed by atoms with Crippen LogP contribution in [0, 0.1) is 0 Å². The first-order valence-electron chi connectivity index (χ1n) is 5.78. The Balaban J connectivity index is 1.81. The summed E-state index contributed by atoms with van der Waals surface area (Å²) in [6, 6.07) is 9.36. The lowest BCUT2D eigenvalue weighted by Gasteiger charge is -2.24. The van der Waals surface area contributed by atoms with Gasteiger partial charge in [-0.3, -0.25) is 14.5 Å². The number of para-hydroxylation sites is 1. The first-order valence-corrected chi connectivity index (χ1v) is 5.78. The van der Waals surface area contributed by atoms with E-state index in [2.05, 4.69) is 0 Å². The molecular weight excluding hydrogens is 218 g/mol. The maximum Gasteiger partial charge on any atom is 0.229 e. The quantitative estimate of drug-likeness (QED) is 0.742. The van der Waals surface area contributed by atoms with Crippen LogP contribution < -0.4 is 4.74 Å². The molecule has 0 N–H and O–H groups in total. The molecule has 0 bridgehead atoms. The van der Waals surface area contributed by atoms with Crippen molar-refractivity contribution < 1.29 is 14.3 Å². The summed E-state index contributed by atoms with van der Waals surface area (Å²) in [5.74, 6) is 0.584. The van der Waals surface area contributed by atoms with E-state index >= 15 is 0 Å². The van der Waals surface area contributed by atoms with Gasteiger partial charge in [-0.1, -0.05) is 18.2 Å². The highest BCUT2D eigenvalue weighted by atomic mass is 16.5. The Labute approximate surface area is 100 Å². The molecule has 1 saturated heterocycles. The summed E-state index contributed by atoms with van der Waals surface area (Å²) in [5, 5.41) is 0. The third kappa shape index (κ3) is 3.06. The monoisotopic (exact) mass is 233 g/mol. The molecule has 0 spiro atoms. The van der Waals surface area contributed by atoms with Crippen molar-refractivity contribution in [3.63, 3.8) is 0 Å². The van der Waals surface area contributed by atoms with Crippen LogP contribution in [0.1, 0.15) is 19.3 Å². The zero-order valence-corrected chi connectivity index (χ0v) is 9.59. The van der Waals surface area contributed by atoms with Crippen molar-refractivity contribution in [1.29, 1.82) is 0 Å². The van der Waals surface area contributed by atoms with Gasteiger partial charge in [-0.2, -0.15) is 0 Å². The number of piperidine rings is 1. The normalized spacial score (nSPS) is 16.1. The van der Waals surface area contributed by atoms with Gasteiger partial charge in [0.05, 0.1) is 6.54 Å². The summed E-state index contributed by atoms with van der Waals surface area (Å²) in [6.07, 6.45) is 1.61. The van der Waals surface area contributed by atoms with E-state index < -0.39 is 0 Å². The lowest BCUT2D eigenvalue weighted by Crippen LogP contribution is -2.42. The standard InChI is InChI=1S/C13H15NO3/c15-12-7-4-8-13(16)14(12)9-10-17-11-5-2-1-3-6-11/h1-3,5-6H,4,7-10H2. The Morgan fingerprint density at radius 3 is 2.35 bits per heavy atom. The van der Waals surface area contributed by atoms with Crippen molar-refractivity contribution in [2.75, 3.05) is 13.2 Å². The molecule has 4 nitrogen and oxygen atoms in total. The largest absolute Gasteiger partial charge is 0.492 e. The molecule has 0 saturated carbocycles. The number of carbonyl (C=O) groups excluding carboxylic acids is 2. The molecule has 0 unspecified atom stereocenters. The van der Waals surface area contributed by atoms with Gasteiger partial charge >= 0.3 is 0 Å². The summed E-state index contributed by atoms with van der Waals surface area (Å²) < 4.78 is 5.46. The van der Waals surface area contributed by atoms with Crippen molar-refractivity contribution in [3.8, 4) is 5.75 Å². The number of nitrogens with zero attached hydrogens (tertiary/aromatic N) is 1. The number of carbonyl (C=O) groups is 2. The third-order valence-corrected chi connectivity index (χ3v) is 2.71. The Bertz CT molecular complexity index is 386. The Morgan fingerprint density at radius 1 is 1.06 bits per heavy atom. The predicted molar refractivity (Wildman–Crippen MR) is 62.5 cm³/mol. The fourth-order valence-corrected chi connectivity index (χ4v) is 1.82. The molecule has 2 amide bonds. The first-order chi connectivity index (χ1) is 8.27. The lowest BCUT2D eigenvalue weighted by atomic mass is 10.1. The molecule has 4 heteroatoms. The van der Waals surface area contributed by atoms with Gasteiger partial charge in [0.25, 0.3) is 0 Å². The van der Waals surface area contributed by atoms with Crippen LogP contribution in [0.3, 0.4) is 0 Å². The van der Waals surface area contributed by atoms with Crippen LogP contribution in [0.5, 0.6) is 5.75 Å². The molecule has 0 atom stereocenters. The van der Waals surface area contributed by atoms with Crippen molar-refractivity contribution >= 4 is 11.8 Å². The average Bonchev–Trinajstić information content (AvgIpc) is 2.34. The minimum atomic E-state index is -0.0853. The Morgan fingerprint density at radius 2 is 1.71 bits per heavy atom. The third-order valence-electron chi connectivity index (χ3n) is 2.71. The molecule has 0 aromatic heterocycles. The van der Waals surface area contributed by atoms with Gasteiger partial charge in [-0.05, 0) is 18.6 Å². The topological polar surface area (TPSA) is 46.6 Å². The average molecular weight is 233 g/mol. The van der Waals surface area contributed by atoms with Crippen LogP contribution in [0.25, 0.3) is 0 Å². The molecule has 17 heavy (non-hydrogen) atoms. The van der Waals surface area contributed by atoms with E-state index in [-0.39, 0.29) is 11.8 Å². The van der Waals surface area contributed by atoms with Gasteiger partial charge in [-0.25, -0.2) is 0 Å². The van der Waals surface area contributed by atoms with Crippen molar-refractivity contribution in [3.05, 3.63) is 30.3 Å². The predicted octanol–water partition coefficient (Wildman–Crippen LogP) is 1.60. The number of hydrogen-bond donors (Lipinski definition) is 0. The molecule has 1 aliphatic rings. The van der Waals surface area contributed by atoms with Crippen LogP contribution in [0.4, 0.5) is 0 Å². The maximum absolute atomic E-state index is 11.5. The zero-order valence-electron chi connectivity index (χ0n) is 9.59. The minimum Gasteiger partial charge on any atom is -0.492 e. The summed E-state index contributed by atoms with van der Waals surface area (Å²) in [5.41, 5.74) is 0. The molecule has 1 aromatic rings. The summed E-state index contributed by atoms with van der Waals surface area (Å²) in [7, 11) is 0. The zero-order chi connectivity index (χ0) is 12.1. The smallest absolute Gasteiger partial charge is 0.229 e. The van der Waals surface area contributed by atoms with E-state index in [4.69, 9.17) is 4.74 Å². The van der Waals surface area contributed by atoms with Gasteiger partial charge in [0.1, 0.15) is 12.4 Å². The van der Waals surface area contributed by atoms with E-state index in [0.717, 1.165) is 5.75 Å². The second-order valence-electron chi connectivity index (χ2n) is 3.95. The number of hydrogen-bond acceptors (Lipinski definition) is 3. The minimum absolute atomic E-state index is 0.0853. The van der Waals surface area contributed by atoms with Crippen molar-refractivity contribution in [1.82, 2.24) is 4.90 Å². The van der Waals surface area contributed by atoms with Gasteiger partial charge in [0, 0.05) is 12.8 Å². The maximum atomic E-state index is 11.5. The fourth-order valence-electron chi connectivity index (χ4n) is 1.82. The highest BCUT2D eigenvalue weighted by molar-refractivity contribution is 5.97. The fraction of sp³-hybridized carbons (Fsp3) is 0.385. The lowest BCUT2D eigenvalue weighted by molar-refractivity contribution is -0.148. The number of benzene rings is 1. The van der Waals surface area contributed by atoms with E-state index in [1.165, 1.54) is 4.90 Å². The number of imide groups is 1. The SMILES string of the molecule is O=C1CCCC(=O)N1CCOc1ccccc1. The molecule has 0 aliphatic carbocycles. The van der Waals surface area contributed by atoms with Crippen LogP contribution >= 0.6 is 0 Å². The van der Waals surface area contributed by atoms with Crippen LogP contribution in [-0.4, -0.2) is 29.9 Å². The van der Waals surface area contributed by atoms with E-state index in [9.17, 15) is 9.59 Å². The number of ether oxygens (including phenoxy) is 1. The summed E-state index contributed by atoms with van der Waals surface area (Å²) >= 11 is 0. The molecule has 1 aliphatic heterocycles. The van der Waals surface area contributed by atoms with Crippen LogP contribution in [0.15, 0.2) is 30.3 Å². The van der Waals surface area contributed by atoms with E-state index in [1.54, 1.807) is 0 Å². The molecule has 0 radical (unpaired) electrons. The number of amides is 2. The molecule has 90 valence electrons. The van der Waals surface area contributed by atoms with E-state index in [0.29, 0.717) is 32.4 Å². The second kappa shape index (κ2) is 5.48. The molecule has 1 aromatic carbocycles. The van der Waals surface area contributed by atoms with Gasteiger partial charge in [-0.15, -0.1) is 0 Å². The highest BCUT2D eigenvalue weighted by Crippen LogP contribution is 2.12. The molecular formula is C13H15NO3.